The van der Waals surface area contributed by atoms with E-state index in [1.54, 1.807) is 37.6 Å². The standard InChI is InChI=1S/C23H21N3O6/c1-29-13-5-6-16-14(9-13)15(11-24-16)19-20(23(28)26-22(19)27)25-10-12-7-17(30-2)21(32-4)18(8-12)31-3/h5-11,24H,1-4H3,(H,26,27,28). The molecule has 164 valence electrons. The molecule has 2 heterocycles. The molecular formula is C23H21N3O6. The monoisotopic (exact) mass is 435 g/mol. The van der Waals surface area contributed by atoms with Crippen LogP contribution in [0.1, 0.15) is 11.1 Å². The maximum absolute atomic E-state index is 12.6. The molecule has 0 bridgehead atoms. The lowest BCUT2D eigenvalue weighted by molar-refractivity contribution is -0.123. The van der Waals surface area contributed by atoms with Gasteiger partial charge in [0.05, 0.1) is 34.0 Å². The van der Waals surface area contributed by atoms with Crippen molar-refractivity contribution in [1.29, 1.82) is 0 Å². The van der Waals surface area contributed by atoms with E-state index in [0.717, 1.165) is 10.9 Å². The van der Waals surface area contributed by atoms with Crippen molar-refractivity contribution in [3.05, 3.63) is 53.4 Å². The van der Waals surface area contributed by atoms with Crippen LogP contribution >= 0.6 is 0 Å². The van der Waals surface area contributed by atoms with E-state index in [0.29, 0.717) is 34.1 Å². The lowest BCUT2D eigenvalue weighted by Gasteiger charge is -2.12. The zero-order chi connectivity index (χ0) is 22.8. The lowest BCUT2D eigenvalue weighted by Crippen LogP contribution is -2.22. The van der Waals surface area contributed by atoms with E-state index in [-0.39, 0.29) is 11.3 Å². The summed E-state index contributed by atoms with van der Waals surface area (Å²) in [5, 5.41) is 3.06. The number of fused-ring (bicyclic) bond motifs is 1. The van der Waals surface area contributed by atoms with E-state index >= 15 is 0 Å². The first-order valence-corrected chi connectivity index (χ1v) is 9.60. The predicted molar refractivity (Wildman–Crippen MR) is 119 cm³/mol. The first kappa shape index (κ1) is 21.0. The lowest BCUT2D eigenvalue weighted by atomic mass is 10.0. The number of ether oxygens (including phenoxy) is 4. The van der Waals surface area contributed by atoms with Crippen LogP contribution in [-0.4, -0.2) is 51.5 Å². The number of hydrogen-bond donors (Lipinski definition) is 2. The molecule has 9 nitrogen and oxygen atoms in total. The minimum absolute atomic E-state index is 0.00692. The first-order chi connectivity index (χ1) is 15.5. The molecule has 9 heteroatoms. The van der Waals surface area contributed by atoms with Crippen LogP contribution in [0.4, 0.5) is 0 Å². The van der Waals surface area contributed by atoms with Crippen molar-refractivity contribution in [3.63, 3.8) is 0 Å². The number of carbonyl (C=O) groups excluding carboxylic acids is 2. The minimum Gasteiger partial charge on any atom is -0.497 e. The molecule has 0 spiro atoms. The summed E-state index contributed by atoms with van der Waals surface area (Å²) < 4.78 is 21.3. The number of aromatic nitrogens is 1. The van der Waals surface area contributed by atoms with E-state index in [1.807, 2.05) is 6.07 Å². The number of amides is 2. The van der Waals surface area contributed by atoms with Crippen LogP contribution in [0, 0.1) is 0 Å². The molecule has 2 amide bonds. The number of benzene rings is 2. The third-order valence-corrected chi connectivity index (χ3v) is 5.09. The number of H-pyrrole nitrogens is 1. The highest BCUT2D eigenvalue weighted by Gasteiger charge is 2.32. The topological polar surface area (TPSA) is 111 Å². The number of aliphatic imine (C=N–C) groups is 1. The van der Waals surface area contributed by atoms with Crippen LogP contribution in [0.5, 0.6) is 23.0 Å². The Labute approximate surface area is 183 Å². The maximum atomic E-state index is 12.6. The summed E-state index contributed by atoms with van der Waals surface area (Å²) in [4.78, 5) is 32.6. The molecule has 0 saturated carbocycles. The van der Waals surface area contributed by atoms with Gasteiger partial charge in [-0.1, -0.05) is 0 Å². The Morgan fingerprint density at radius 2 is 1.59 bits per heavy atom. The molecule has 1 aliphatic rings. The average molecular weight is 435 g/mol. The number of rotatable bonds is 7. The van der Waals surface area contributed by atoms with Gasteiger partial charge >= 0.3 is 0 Å². The fourth-order valence-corrected chi connectivity index (χ4v) is 3.57. The summed E-state index contributed by atoms with van der Waals surface area (Å²) in [5.74, 6) is 0.859. The highest BCUT2D eigenvalue weighted by molar-refractivity contribution is 6.37. The molecule has 32 heavy (non-hydrogen) atoms. The van der Waals surface area contributed by atoms with Crippen LogP contribution in [0.2, 0.25) is 0 Å². The Balaban J connectivity index is 1.82. The van der Waals surface area contributed by atoms with Gasteiger partial charge in [-0.05, 0) is 30.3 Å². The van der Waals surface area contributed by atoms with Crippen molar-refractivity contribution in [2.75, 3.05) is 28.4 Å². The Morgan fingerprint density at radius 3 is 2.22 bits per heavy atom. The van der Waals surface area contributed by atoms with Crippen molar-refractivity contribution in [3.8, 4) is 23.0 Å². The molecule has 1 aliphatic heterocycles. The van der Waals surface area contributed by atoms with Gasteiger partial charge in [-0.15, -0.1) is 0 Å². The van der Waals surface area contributed by atoms with E-state index < -0.39 is 11.8 Å². The van der Waals surface area contributed by atoms with Crippen LogP contribution in [0.3, 0.4) is 0 Å². The maximum Gasteiger partial charge on any atom is 0.277 e. The summed E-state index contributed by atoms with van der Waals surface area (Å²) in [5.41, 5.74) is 2.14. The van der Waals surface area contributed by atoms with Gasteiger partial charge in [0.15, 0.2) is 11.5 Å². The molecule has 0 fully saturated rings. The third-order valence-electron chi connectivity index (χ3n) is 5.09. The molecular weight excluding hydrogens is 414 g/mol. The second kappa shape index (κ2) is 8.46. The summed E-state index contributed by atoms with van der Waals surface area (Å²) >= 11 is 0. The number of aromatic amines is 1. The molecule has 0 radical (unpaired) electrons. The van der Waals surface area contributed by atoms with Crippen LogP contribution in [-0.2, 0) is 9.59 Å². The molecule has 0 saturated heterocycles. The summed E-state index contributed by atoms with van der Waals surface area (Å²) in [6, 6.07) is 8.82. The molecule has 2 N–H and O–H groups in total. The molecule has 2 aromatic carbocycles. The SMILES string of the molecule is COc1ccc2[nH]cc(C3=C(N=Cc4cc(OC)c(OC)c(OC)c4)C(=O)NC3=O)c2c1. The minimum atomic E-state index is -0.578. The van der Waals surface area contributed by atoms with E-state index in [2.05, 4.69) is 15.3 Å². The number of imide groups is 1. The molecule has 0 unspecified atom stereocenters. The summed E-state index contributed by atoms with van der Waals surface area (Å²) in [6.45, 7) is 0. The predicted octanol–water partition coefficient (Wildman–Crippen LogP) is 2.69. The van der Waals surface area contributed by atoms with Crippen molar-refractivity contribution in [2.24, 2.45) is 4.99 Å². The second-order valence-corrected chi connectivity index (χ2v) is 6.84. The fraction of sp³-hybridized carbons (Fsp3) is 0.174. The number of carbonyl (C=O) groups is 2. The smallest absolute Gasteiger partial charge is 0.277 e. The van der Waals surface area contributed by atoms with Crippen molar-refractivity contribution in [1.82, 2.24) is 10.3 Å². The van der Waals surface area contributed by atoms with Crippen LogP contribution in [0.25, 0.3) is 16.5 Å². The highest BCUT2D eigenvalue weighted by Crippen LogP contribution is 2.38. The Bertz CT molecular complexity index is 1260. The van der Waals surface area contributed by atoms with Gasteiger partial charge in [0, 0.05) is 34.4 Å². The van der Waals surface area contributed by atoms with Crippen LogP contribution < -0.4 is 24.3 Å². The zero-order valence-electron chi connectivity index (χ0n) is 17.9. The van der Waals surface area contributed by atoms with Gasteiger partial charge in [-0.2, -0.15) is 0 Å². The van der Waals surface area contributed by atoms with Gasteiger partial charge in [0.1, 0.15) is 11.4 Å². The third kappa shape index (κ3) is 3.53. The number of nitrogens with zero attached hydrogens (tertiary/aromatic N) is 1. The normalized spacial score (nSPS) is 13.8. The second-order valence-electron chi connectivity index (χ2n) is 6.84. The Hall–Kier alpha value is -4.27. The molecule has 3 aromatic rings. The quantitative estimate of drug-likeness (QED) is 0.436. The van der Waals surface area contributed by atoms with Gasteiger partial charge in [0.2, 0.25) is 5.75 Å². The van der Waals surface area contributed by atoms with E-state index in [1.165, 1.54) is 27.5 Å². The number of nitrogens with one attached hydrogen (secondary N) is 2. The Kier molecular flexibility index (Phi) is 5.55. The zero-order valence-corrected chi connectivity index (χ0v) is 17.9. The van der Waals surface area contributed by atoms with Gasteiger partial charge in [0.25, 0.3) is 11.8 Å². The van der Waals surface area contributed by atoms with E-state index in [4.69, 9.17) is 18.9 Å². The molecule has 1 aromatic heterocycles. The molecule has 4 rings (SSSR count). The number of hydrogen-bond acceptors (Lipinski definition) is 7. The van der Waals surface area contributed by atoms with Gasteiger partial charge in [-0.3, -0.25) is 14.9 Å². The van der Waals surface area contributed by atoms with Gasteiger partial charge in [-0.25, -0.2) is 4.99 Å². The summed E-state index contributed by atoms with van der Waals surface area (Å²) in [6.07, 6.45) is 3.14. The van der Waals surface area contributed by atoms with Crippen molar-refractivity contribution in [2.45, 2.75) is 0 Å². The highest BCUT2D eigenvalue weighted by atomic mass is 16.5. The van der Waals surface area contributed by atoms with E-state index in [9.17, 15) is 9.59 Å². The Morgan fingerprint density at radius 1 is 0.875 bits per heavy atom. The van der Waals surface area contributed by atoms with Crippen LogP contribution in [0.15, 0.2) is 47.2 Å². The van der Waals surface area contributed by atoms with Crippen molar-refractivity contribution < 1.29 is 28.5 Å². The first-order valence-electron chi connectivity index (χ1n) is 9.60. The fourth-order valence-electron chi connectivity index (χ4n) is 3.57. The molecule has 0 atom stereocenters. The average Bonchev–Trinajstić information content (AvgIpc) is 3.34. The van der Waals surface area contributed by atoms with Gasteiger partial charge < -0.3 is 23.9 Å². The molecule has 0 aliphatic carbocycles. The summed E-state index contributed by atoms with van der Waals surface area (Å²) in [7, 11) is 6.09. The number of methoxy groups -OCH3 is 4. The largest absolute Gasteiger partial charge is 0.497 e. The van der Waals surface area contributed by atoms with Crippen molar-refractivity contribution >= 4 is 34.5 Å².